The van der Waals surface area contributed by atoms with Crippen LogP contribution < -0.4 is 16.0 Å². The minimum Gasteiger partial charge on any atom is -0.343 e. The molecule has 0 bridgehead atoms. The number of anilines is 1. The molecule has 2 atom stereocenters. The number of aromatic nitrogens is 2. The van der Waals surface area contributed by atoms with Crippen molar-refractivity contribution in [2.75, 3.05) is 10.7 Å². The lowest BCUT2D eigenvalue weighted by atomic mass is 10.1. The van der Waals surface area contributed by atoms with Crippen molar-refractivity contribution in [2.24, 2.45) is 5.73 Å². The number of amides is 2. The van der Waals surface area contributed by atoms with Crippen molar-refractivity contribution in [3.63, 3.8) is 0 Å². The van der Waals surface area contributed by atoms with E-state index in [9.17, 15) is 26.8 Å². The van der Waals surface area contributed by atoms with Gasteiger partial charge >= 0.3 is 0 Å². The number of hydrogen-bond donors (Lipinski definition) is 2. The van der Waals surface area contributed by atoms with E-state index in [0.717, 1.165) is 0 Å². The first-order valence-electron chi connectivity index (χ1n) is 11.0. The summed E-state index contributed by atoms with van der Waals surface area (Å²) in [5, 5.41) is 6.08. The Bertz CT molecular complexity index is 1480. The maximum absolute atomic E-state index is 13.3. The molecule has 14 heteroatoms. The molecule has 5 rings (SSSR count). The first kappa shape index (κ1) is 26.6. The van der Waals surface area contributed by atoms with Gasteiger partial charge in [-0.3, -0.25) is 9.59 Å². The molecule has 1 unspecified atom stereocenters. The number of nitrogens with two attached hydrogens (primary N) is 1. The van der Waals surface area contributed by atoms with Gasteiger partial charge in [-0.2, -0.15) is 4.98 Å². The van der Waals surface area contributed by atoms with Crippen molar-refractivity contribution in [3.05, 3.63) is 59.5 Å². The Kier molecular flexibility index (Phi) is 6.82. The molecule has 1 aromatic heterocycles. The lowest BCUT2D eigenvalue weighted by Crippen LogP contribution is -2.45. The molecule has 0 saturated heterocycles. The van der Waals surface area contributed by atoms with Gasteiger partial charge in [0.1, 0.15) is 0 Å². The lowest BCUT2D eigenvalue weighted by molar-refractivity contribution is -0.119. The minimum atomic E-state index is -3.96. The van der Waals surface area contributed by atoms with Gasteiger partial charge in [0.05, 0.1) is 35.0 Å². The van der Waals surface area contributed by atoms with Gasteiger partial charge in [-0.05, 0) is 23.8 Å². The third kappa shape index (κ3) is 5.20. The molecule has 0 spiro atoms. The van der Waals surface area contributed by atoms with Gasteiger partial charge in [-0.25, -0.2) is 17.2 Å². The van der Waals surface area contributed by atoms with Crippen LogP contribution in [0.5, 0.6) is 0 Å². The van der Waals surface area contributed by atoms with Gasteiger partial charge < -0.3 is 20.5 Å². The molecule has 3 aromatic rings. The van der Waals surface area contributed by atoms with Crippen molar-refractivity contribution in [3.8, 4) is 11.4 Å². The van der Waals surface area contributed by atoms with Crippen LogP contribution in [0.3, 0.4) is 0 Å². The molecule has 2 aromatic carbocycles. The van der Waals surface area contributed by atoms with E-state index in [-0.39, 0.29) is 35.1 Å². The molecular weight excluding hydrogens is 532 g/mol. The van der Waals surface area contributed by atoms with E-state index in [4.69, 9.17) is 10.3 Å². The second-order valence-corrected chi connectivity index (χ2v) is 10.8. The predicted molar refractivity (Wildman–Crippen MR) is 130 cm³/mol. The van der Waals surface area contributed by atoms with E-state index in [1.165, 1.54) is 23.1 Å². The zero-order valence-corrected chi connectivity index (χ0v) is 21.0. The second kappa shape index (κ2) is 9.47. The number of benzene rings is 2. The normalized spacial score (nSPS) is 21.4. The monoisotopic (exact) mass is 553 g/mol. The highest BCUT2D eigenvalue weighted by Crippen LogP contribution is 2.42. The summed E-state index contributed by atoms with van der Waals surface area (Å²) in [5.74, 6) is -4.22. The Morgan fingerprint density at radius 3 is 2.51 bits per heavy atom. The van der Waals surface area contributed by atoms with E-state index in [2.05, 4.69) is 15.5 Å². The zero-order chi connectivity index (χ0) is 25.8. The quantitative estimate of drug-likeness (QED) is 0.489. The summed E-state index contributed by atoms with van der Waals surface area (Å²) in [6, 6.07) is 7.91. The standard InChI is InChI=1S/C23H21F2N5O5S.ClH/c1-12-27-20(29-35-12)14-4-2-13(3-5-14)10-30-17-8-15(21(31)28-19-9-23(19,24)25)6-7-18(17)36(33,34)11-16(26)22(30)32;/h2-8,16,19H,9-11,26H2,1H3,(H,28,31);1H/t16-,19?;/m0./s1. The molecule has 2 amide bonds. The maximum Gasteiger partial charge on any atom is 0.270 e. The van der Waals surface area contributed by atoms with Crippen LogP contribution in [-0.4, -0.2) is 54.1 Å². The molecule has 0 radical (unpaired) electrons. The van der Waals surface area contributed by atoms with Gasteiger partial charge in [-0.1, -0.05) is 29.4 Å². The second-order valence-electron chi connectivity index (χ2n) is 8.82. The van der Waals surface area contributed by atoms with E-state index < -0.39 is 51.8 Å². The van der Waals surface area contributed by atoms with Gasteiger partial charge in [0.15, 0.2) is 9.84 Å². The summed E-state index contributed by atoms with van der Waals surface area (Å²) in [5.41, 5.74) is 7.14. The Morgan fingerprint density at radius 2 is 1.92 bits per heavy atom. The van der Waals surface area contributed by atoms with Crippen molar-refractivity contribution in [1.29, 1.82) is 0 Å². The van der Waals surface area contributed by atoms with Crippen LogP contribution in [-0.2, 0) is 21.2 Å². The van der Waals surface area contributed by atoms with E-state index in [0.29, 0.717) is 22.8 Å². The summed E-state index contributed by atoms with van der Waals surface area (Å²) in [4.78, 5) is 30.9. The number of rotatable bonds is 5. The summed E-state index contributed by atoms with van der Waals surface area (Å²) in [6.45, 7) is 1.61. The fourth-order valence-corrected chi connectivity index (χ4v) is 5.54. The molecule has 1 saturated carbocycles. The Labute approximate surface area is 216 Å². The molecule has 37 heavy (non-hydrogen) atoms. The number of aryl methyl sites for hydroxylation is 1. The van der Waals surface area contributed by atoms with E-state index in [1.54, 1.807) is 31.2 Å². The number of fused-ring (bicyclic) bond motifs is 1. The fourth-order valence-electron chi connectivity index (χ4n) is 3.98. The maximum atomic E-state index is 13.3. The van der Waals surface area contributed by atoms with Gasteiger partial charge in [0, 0.05) is 24.5 Å². The molecule has 3 N–H and O–H groups in total. The lowest BCUT2D eigenvalue weighted by Gasteiger charge is -2.24. The average molecular weight is 554 g/mol. The van der Waals surface area contributed by atoms with Crippen LogP contribution in [0.4, 0.5) is 14.5 Å². The summed E-state index contributed by atoms with van der Waals surface area (Å²) < 4.78 is 57.4. The minimum absolute atomic E-state index is 0. The highest BCUT2D eigenvalue weighted by Gasteiger charge is 2.58. The summed E-state index contributed by atoms with van der Waals surface area (Å²) in [7, 11) is -3.96. The summed E-state index contributed by atoms with van der Waals surface area (Å²) >= 11 is 0. The first-order valence-corrected chi connectivity index (χ1v) is 12.6. The van der Waals surface area contributed by atoms with Crippen LogP contribution in [0.25, 0.3) is 11.4 Å². The van der Waals surface area contributed by atoms with Crippen molar-refractivity contribution < 1.29 is 31.3 Å². The van der Waals surface area contributed by atoms with Crippen molar-refractivity contribution in [1.82, 2.24) is 15.5 Å². The first-order chi connectivity index (χ1) is 16.9. The van der Waals surface area contributed by atoms with E-state index >= 15 is 0 Å². The number of alkyl halides is 2. The Hall–Kier alpha value is -3.42. The van der Waals surface area contributed by atoms with Crippen LogP contribution in [0.15, 0.2) is 51.9 Å². The number of halogens is 3. The predicted octanol–water partition coefficient (Wildman–Crippen LogP) is 2.25. The fraction of sp³-hybridized carbons (Fsp3) is 0.304. The number of carbonyl (C=O) groups is 2. The molecule has 1 aliphatic heterocycles. The van der Waals surface area contributed by atoms with Crippen LogP contribution >= 0.6 is 12.4 Å². The van der Waals surface area contributed by atoms with Crippen molar-refractivity contribution >= 4 is 39.7 Å². The van der Waals surface area contributed by atoms with Crippen LogP contribution in [0.2, 0.25) is 0 Å². The van der Waals surface area contributed by atoms with Gasteiger partial charge in [-0.15, -0.1) is 12.4 Å². The molecular formula is C23H22ClF2N5O5S. The highest BCUT2D eigenvalue weighted by atomic mass is 35.5. The molecule has 2 aliphatic rings. The number of carbonyl (C=O) groups excluding carboxylic acids is 2. The average Bonchev–Trinajstić information content (AvgIpc) is 3.21. The third-order valence-electron chi connectivity index (χ3n) is 6.04. The number of hydrogen-bond acceptors (Lipinski definition) is 8. The Balaban J connectivity index is 0.00000320. The third-order valence-corrected chi connectivity index (χ3v) is 7.85. The number of nitrogens with zero attached hydrogens (tertiary/aromatic N) is 3. The van der Waals surface area contributed by atoms with Crippen molar-refractivity contribution in [2.45, 2.75) is 42.8 Å². The smallest absolute Gasteiger partial charge is 0.270 e. The topological polar surface area (TPSA) is 148 Å². The van der Waals surface area contributed by atoms with Gasteiger partial charge in [0.25, 0.3) is 11.8 Å². The molecule has 196 valence electrons. The zero-order valence-electron chi connectivity index (χ0n) is 19.4. The highest BCUT2D eigenvalue weighted by molar-refractivity contribution is 7.91. The summed E-state index contributed by atoms with van der Waals surface area (Å²) in [6.07, 6.45) is -0.461. The van der Waals surface area contributed by atoms with Crippen LogP contribution in [0.1, 0.15) is 28.2 Å². The van der Waals surface area contributed by atoms with E-state index in [1.807, 2.05) is 0 Å². The molecule has 1 aliphatic carbocycles. The van der Waals surface area contributed by atoms with Gasteiger partial charge in [0.2, 0.25) is 17.6 Å². The number of sulfone groups is 1. The number of nitrogens with one attached hydrogen (secondary N) is 1. The Morgan fingerprint density at radius 1 is 1.24 bits per heavy atom. The molecule has 1 fully saturated rings. The molecule has 2 heterocycles. The van der Waals surface area contributed by atoms with Crippen LogP contribution in [0, 0.1) is 6.92 Å². The molecule has 10 nitrogen and oxygen atoms in total. The largest absolute Gasteiger partial charge is 0.343 e. The SMILES string of the molecule is Cc1nc(-c2ccc(CN3C(=O)[C@@H](N)CS(=O)(=O)c4ccc(C(=O)NC5CC5(F)F)cc43)cc2)no1.Cl.